The number of pyridine rings is 1. The molecule has 0 spiro atoms. The summed E-state index contributed by atoms with van der Waals surface area (Å²) < 4.78 is 25.0. The van der Waals surface area contributed by atoms with Crippen LogP contribution < -0.4 is 0 Å². The van der Waals surface area contributed by atoms with Gasteiger partial charge in [-0.2, -0.15) is 0 Å². The molecule has 1 aromatic rings. The van der Waals surface area contributed by atoms with Crippen LogP contribution in [-0.4, -0.2) is 11.4 Å². The van der Waals surface area contributed by atoms with Gasteiger partial charge in [0.25, 0.3) is 6.43 Å². The summed E-state index contributed by atoms with van der Waals surface area (Å²) in [4.78, 5) is 3.83. The van der Waals surface area contributed by atoms with Crippen molar-refractivity contribution in [2.75, 3.05) is 0 Å². The second-order valence-electron chi connectivity index (χ2n) is 3.60. The zero-order valence-corrected chi connectivity index (χ0v) is 8.56. The molecule has 4 heteroatoms. The van der Waals surface area contributed by atoms with Gasteiger partial charge in [0.1, 0.15) is 0 Å². The summed E-state index contributed by atoms with van der Waals surface area (Å²) in [6, 6.07) is 1.61. The molecule has 1 heterocycles. The van der Waals surface area contributed by atoms with Crippen molar-refractivity contribution in [1.82, 2.24) is 4.98 Å². The maximum absolute atomic E-state index is 12.5. The molecular weight excluding hydrogens is 220 g/mol. The second kappa shape index (κ2) is 3.79. The van der Waals surface area contributed by atoms with Gasteiger partial charge in [-0.05, 0) is 18.9 Å². The number of hydrogen-bond acceptors (Lipinski definition) is 1. The van der Waals surface area contributed by atoms with Gasteiger partial charge in [0, 0.05) is 18.0 Å². The molecule has 1 aromatic heterocycles. The first-order valence-electron chi connectivity index (χ1n) is 4.54. The maximum Gasteiger partial charge on any atom is 0.254 e. The van der Waals surface area contributed by atoms with Crippen molar-refractivity contribution in [3.8, 4) is 11.8 Å². The third-order valence-electron chi connectivity index (χ3n) is 2.37. The van der Waals surface area contributed by atoms with Gasteiger partial charge in [-0.15, -0.1) is 0 Å². The van der Waals surface area contributed by atoms with E-state index in [1.165, 1.54) is 12.4 Å². The molecule has 0 aromatic carbocycles. The van der Waals surface area contributed by atoms with E-state index in [9.17, 15) is 8.78 Å². The van der Waals surface area contributed by atoms with Gasteiger partial charge < -0.3 is 0 Å². The van der Waals surface area contributed by atoms with Crippen molar-refractivity contribution < 1.29 is 8.78 Å². The van der Waals surface area contributed by atoms with Crippen molar-refractivity contribution in [3.05, 3.63) is 29.0 Å². The molecule has 0 saturated heterocycles. The minimum atomic E-state index is -2.36. The lowest BCUT2D eigenvalue weighted by molar-refractivity contribution is 0.0921. The Morgan fingerprint density at radius 1 is 1.40 bits per heavy atom. The number of alkyl halides is 2. The summed E-state index contributed by atoms with van der Waals surface area (Å²) in [6.07, 6.45) is 1.59. The van der Waals surface area contributed by atoms with E-state index < -0.39 is 11.8 Å². The van der Waals surface area contributed by atoms with Gasteiger partial charge in [-0.25, -0.2) is 8.78 Å². The van der Waals surface area contributed by atoms with Crippen LogP contribution in [0.3, 0.4) is 0 Å². The van der Waals surface area contributed by atoms with E-state index in [0.717, 1.165) is 0 Å². The van der Waals surface area contributed by atoms with Crippen LogP contribution in [0.2, 0.25) is 5.02 Å². The fraction of sp³-hybridized carbons (Fsp3) is 0.364. The molecule has 1 nitrogen and oxygen atoms in total. The van der Waals surface area contributed by atoms with Crippen molar-refractivity contribution in [2.24, 2.45) is 5.41 Å². The second-order valence-corrected chi connectivity index (χ2v) is 4.04. The summed E-state index contributed by atoms with van der Waals surface area (Å²) in [5.74, 6) is 5.31. The van der Waals surface area contributed by atoms with Gasteiger partial charge in [0.05, 0.1) is 10.4 Å². The fourth-order valence-electron chi connectivity index (χ4n) is 1.21. The summed E-state index contributed by atoms with van der Waals surface area (Å²) in [7, 11) is 0. The quantitative estimate of drug-likeness (QED) is 0.672. The number of halogens is 3. The predicted octanol–water partition coefficient (Wildman–Crippen LogP) is 3.13. The molecule has 0 amide bonds. The zero-order chi connectivity index (χ0) is 10.9. The molecule has 15 heavy (non-hydrogen) atoms. The molecule has 0 radical (unpaired) electrons. The molecule has 0 atom stereocenters. The first-order chi connectivity index (χ1) is 7.12. The molecule has 0 N–H and O–H groups in total. The molecule has 0 unspecified atom stereocenters. The monoisotopic (exact) mass is 227 g/mol. The smallest absolute Gasteiger partial charge is 0.254 e. The van der Waals surface area contributed by atoms with Gasteiger partial charge in [0.15, 0.2) is 0 Å². The first-order valence-corrected chi connectivity index (χ1v) is 4.92. The van der Waals surface area contributed by atoms with Crippen LogP contribution in [0.4, 0.5) is 8.78 Å². The van der Waals surface area contributed by atoms with Gasteiger partial charge in [-0.1, -0.05) is 23.4 Å². The predicted molar refractivity (Wildman–Crippen MR) is 53.8 cm³/mol. The molecule has 0 bridgehead atoms. The standard InChI is InChI=1S/C11H8ClF2N/c12-9-5-8(6-15-7-9)1-2-11(3-4-11)10(13)14/h5-7,10H,3-4H2. The average Bonchev–Trinajstić information content (AvgIpc) is 2.96. The molecule has 0 aliphatic heterocycles. The lowest BCUT2D eigenvalue weighted by Crippen LogP contribution is -2.08. The van der Waals surface area contributed by atoms with Crippen molar-refractivity contribution in [3.63, 3.8) is 0 Å². The molecular formula is C11H8ClF2N. The first kappa shape index (κ1) is 10.4. The number of rotatable bonds is 1. The van der Waals surface area contributed by atoms with Crippen LogP contribution in [-0.2, 0) is 0 Å². The molecule has 1 fully saturated rings. The lowest BCUT2D eigenvalue weighted by Gasteiger charge is -2.03. The zero-order valence-electron chi connectivity index (χ0n) is 7.80. The van der Waals surface area contributed by atoms with Crippen LogP contribution in [0.25, 0.3) is 0 Å². The van der Waals surface area contributed by atoms with Crippen LogP contribution in [0, 0.1) is 17.3 Å². The Bertz CT molecular complexity index is 430. The van der Waals surface area contributed by atoms with E-state index >= 15 is 0 Å². The van der Waals surface area contributed by atoms with E-state index in [1.807, 2.05) is 0 Å². The highest BCUT2D eigenvalue weighted by Gasteiger charge is 2.49. The Kier molecular flexibility index (Phi) is 2.62. The highest BCUT2D eigenvalue weighted by atomic mass is 35.5. The highest BCUT2D eigenvalue weighted by molar-refractivity contribution is 6.30. The summed E-state index contributed by atoms with van der Waals surface area (Å²) in [6.45, 7) is 0. The van der Waals surface area contributed by atoms with Crippen LogP contribution in [0.15, 0.2) is 18.5 Å². The van der Waals surface area contributed by atoms with Crippen molar-refractivity contribution in [1.29, 1.82) is 0 Å². The Hall–Kier alpha value is -1.14. The summed E-state index contributed by atoms with van der Waals surface area (Å²) in [5.41, 5.74) is -0.489. The molecule has 1 aliphatic carbocycles. The Morgan fingerprint density at radius 3 is 2.67 bits per heavy atom. The molecule has 2 rings (SSSR count). The SMILES string of the molecule is FC(F)C1(C#Cc2cncc(Cl)c2)CC1. The van der Waals surface area contributed by atoms with Crippen molar-refractivity contribution >= 4 is 11.6 Å². The van der Waals surface area contributed by atoms with E-state index in [-0.39, 0.29) is 0 Å². The molecule has 1 aliphatic rings. The van der Waals surface area contributed by atoms with Crippen LogP contribution in [0.1, 0.15) is 18.4 Å². The summed E-state index contributed by atoms with van der Waals surface area (Å²) in [5, 5.41) is 0.462. The van der Waals surface area contributed by atoms with E-state index in [0.29, 0.717) is 23.4 Å². The third kappa shape index (κ3) is 2.27. The fourth-order valence-corrected chi connectivity index (χ4v) is 1.38. The van der Waals surface area contributed by atoms with Crippen LogP contribution in [0.5, 0.6) is 0 Å². The molecule has 1 saturated carbocycles. The van der Waals surface area contributed by atoms with Gasteiger partial charge >= 0.3 is 0 Å². The average molecular weight is 228 g/mol. The largest absolute Gasteiger partial charge is 0.262 e. The Labute approximate surface area is 91.5 Å². The minimum absolute atomic E-state index is 0.462. The Balaban J connectivity index is 2.19. The van der Waals surface area contributed by atoms with Gasteiger partial charge in [0.2, 0.25) is 0 Å². The van der Waals surface area contributed by atoms with E-state index in [4.69, 9.17) is 11.6 Å². The summed E-state index contributed by atoms with van der Waals surface area (Å²) >= 11 is 5.69. The minimum Gasteiger partial charge on any atom is -0.262 e. The number of aromatic nitrogens is 1. The normalized spacial score (nSPS) is 17.1. The van der Waals surface area contributed by atoms with Gasteiger partial charge in [-0.3, -0.25) is 4.98 Å². The molecule has 78 valence electrons. The lowest BCUT2D eigenvalue weighted by atomic mass is 10.1. The van der Waals surface area contributed by atoms with E-state index in [1.54, 1.807) is 6.07 Å². The Morgan fingerprint density at radius 2 is 2.13 bits per heavy atom. The highest BCUT2D eigenvalue weighted by Crippen LogP contribution is 2.50. The number of nitrogens with zero attached hydrogens (tertiary/aromatic N) is 1. The third-order valence-corrected chi connectivity index (χ3v) is 2.57. The van der Waals surface area contributed by atoms with E-state index in [2.05, 4.69) is 16.8 Å². The van der Waals surface area contributed by atoms with Crippen molar-refractivity contribution in [2.45, 2.75) is 19.3 Å². The van der Waals surface area contributed by atoms with Crippen LogP contribution >= 0.6 is 11.6 Å². The number of hydrogen-bond donors (Lipinski definition) is 0. The topological polar surface area (TPSA) is 12.9 Å². The maximum atomic E-state index is 12.5.